The first kappa shape index (κ1) is 18.8. The minimum Gasteiger partial charge on any atom is -0.324 e. The van der Waals surface area contributed by atoms with Crippen LogP contribution in [0, 0.1) is 18.6 Å². The van der Waals surface area contributed by atoms with Crippen molar-refractivity contribution in [1.29, 1.82) is 0 Å². The first-order valence-corrected chi connectivity index (χ1v) is 9.24. The van der Waals surface area contributed by atoms with Gasteiger partial charge in [0.2, 0.25) is 5.91 Å². The zero-order valence-electron chi connectivity index (χ0n) is 15.6. The Bertz CT molecular complexity index is 814. The third-order valence-corrected chi connectivity index (χ3v) is 5.30. The van der Waals surface area contributed by atoms with Crippen LogP contribution in [0.4, 0.5) is 5.69 Å². The van der Waals surface area contributed by atoms with Crippen LogP contribution in [0.25, 0.3) is 0 Å². The quantitative estimate of drug-likeness (QED) is 0.809. The van der Waals surface area contributed by atoms with E-state index in [0.29, 0.717) is 13.2 Å². The van der Waals surface area contributed by atoms with Gasteiger partial charge in [0.15, 0.2) is 4.77 Å². The summed E-state index contributed by atoms with van der Waals surface area (Å²) in [4.78, 5) is 16.9. The Morgan fingerprint density at radius 2 is 1.77 bits per heavy atom. The van der Waals surface area contributed by atoms with Crippen LogP contribution in [0.15, 0.2) is 24.5 Å². The molecule has 2 heterocycles. The van der Waals surface area contributed by atoms with Gasteiger partial charge in [-0.2, -0.15) is 5.10 Å². The monoisotopic (exact) mass is 374 g/mol. The van der Waals surface area contributed by atoms with Gasteiger partial charge in [0, 0.05) is 38.9 Å². The van der Waals surface area contributed by atoms with E-state index in [-0.39, 0.29) is 5.91 Å². The highest BCUT2D eigenvalue weighted by atomic mass is 32.1. The molecule has 0 spiro atoms. The molecule has 1 aliphatic rings. The van der Waals surface area contributed by atoms with E-state index in [1.165, 1.54) is 0 Å². The summed E-state index contributed by atoms with van der Waals surface area (Å²) < 4.78 is 4.39. The Kier molecular flexibility index (Phi) is 5.85. The Labute approximate surface area is 159 Å². The van der Waals surface area contributed by atoms with Crippen molar-refractivity contribution in [3.63, 3.8) is 0 Å². The highest BCUT2D eigenvalue weighted by Crippen LogP contribution is 2.19. The lowest BCUT2D eigenvalue weighted by Gasteiger charge is -2.34. The van der Waals surface area contributed by atoms with Crippen LogP contribution >= 0.6 is 12.2 Å². The summed E-state index contributed by atoms with van der Waals surface area (Å²) >= 11 is 5.33. The number of amides is 1. The molecule has 1 N–H and O–H groups in total. The minimum atomic E-state index is 0.0443. The van der Waals surface area contributed by atoms with Crippen molar-refractivity contribution in [2.24, 2.45) is 7.05 Å². The van der Waals surface area contributed by atoms with Gasteiger partial charge in [-0.1, -0.05) is 18.2 Å². The number of nitrogens with one attached hydrogen (secondary N) is 1. The molecule has 1 fully saturated rings. The summed E-state index contributed by atoms with van der Waals surface area (Å²) in [6, 6.07) is 6.04. The Balaban J connectivity index is 1.48. The zero-order valence-corrected chi connectivity index (χ0v) is 16.4. The maximum atomic E-state index is 12.4. The molecule has 1 aromatic carbocycles. The van der Waals surface area contributed by atoms with Crippen LogP contribution < -0.4 is 5.32 Å². The summed E-state index contributed by atoms with van der Waals surface area (Å²) in [6.07, 6.45) is 1.73. The number of carbonyl (C=O) groups is 1. The predicted octanol–water partition coefficient (Wildman–Crippen LogP) is 1.78. The van der Waals surface area contributed by atoms with Crippen LogP contribution in [0.5, 0.6) is 0 Å². The topological polar surface area (TPSA) is 58.3 Å². The molecular formula is C18H26N6OS. The molecule has 0 unspecified atom stereocenters. The molecule has 8 heteroatoms. The second-order valence-corrected chi connectivity index (χ2v) is 7.24. The maximum absolute atomic E-state index is 12.4. The van der Waals surface area contributed by atoms with Gasteiger partial charge in [0.1, 0.15) is 6.33 Å². The zero-order chi connectivity index (χ0) is 18.7. The van der Waals surface area contributed by atoms with E-state index in [4.69, 9.17) is 12.2 Å². The summed E-state index contributed by atoms with van der Waals surface area (Å²) in [6.45, 7) is 8.67. The van der Waals surface area contributed by atoms with Crippen molar-refractivity contribution in [3.8, 4) is 0 Å². The Morgan fingerprint density at radius 1 is 1.15 bits per heavy atom. The fraction of sp³-hybridized carbons (Fsp3) is 0.500. The van der Waals surface area contributed by atoms with Gasteiger partial charge in [-0.05, 0) is 37.2 Å². The normalized spacial score (nSPS) is 16.0. The molecule has 1 amide bonds. The number of anilines is 1. The number of aromatic nitrogens is 3. The van der Waals surface area contributed by atoms with Crippen molar-refractivity contribution in [3.05, 3.63) is 40.4 Å². The molecule has 0 bridgehead atoms. The third-order valence-electron chi connectivity index (χ3n) is 4.80. The number of hydrogen-bond acceptors (Lipinski definition) is 5. The largest absolute Gasteiger partial charge is 0.324 e. The van der Waals surface area contributed by atoms with E-state index in [2.05, 4.69) is 20.2 Å². The van der Waals surface area contributed by atoms with Crippen molar-refractivity contribution in [1.82, 2.24) is 24.1 Å². The number of para-hydroxylation sites is 1. The van der Waals surface area contributed by atoms with Crippen LogP contribution in [0.2, 0.25) is 0 Å². The number of piperazine rings is 1. The lowest BCUT2D eigenvalue weighted by Crippen LogP contribution is -2.49. The fourth-order valence-corrected chi connectivity index (χ4v) is 3.34. The van der Waals surface area contributed by atoms with Gasteiger partial charge >= 0.3 is 0 Å². The van der Waals surface area contributed by atoms with Crippen molar-refractivity contribution >= 4 is 23.8 Å². The van der Waals surface area contributed by atoms with E-state index < -0.39 is 0 Å². The molecule has 0 radical (unpaired) electrons. The maximum Gasteiger partial charge on any atom is 0.238 e. The highest BCUT2D eigenvalue weighted by Gasteiger charge is 2.20. The second-order valence-electron chi connectivity index (χ2n) is 6.87. The number of nitrogens with zero attached hydrogens (tertiary/aromatic N) is 5. The number of benzene rings is 1. The first-order chi connectivity index (χ1) is 12.4. The number of rotatable bonds is 5. The first-order valence-electron chi connectivity index (χ1n) is 8.83. The molecule has 3 rings (SSSR count). The standard InChI is InChI=1S/C18H26N6OS/c1-14-5-4-6-15(2)17(14)20-16(25)11-22-7-9-23(10-8-22)13-24-18(26)21(3)12-19-24/h4-6,12H,7-11,13H2,1-3H3,(H,20,25). The van der Waals surface area contributed by atoms with Crippen molar-refractivity contribution < 1.29 is 4.79 Å². The third kappa shape index (κ3) is 4.38. The SMILES string of the molecule is Cc1cccc(C)c1NC(=O)CN1CCN(Cn2ncn(C)c2=S)CC1. The molecule has 1 aromatic heterocycles. The molecule has 0 atom stereocenters. The van der Waals surface area contributed by atoms with Gasteiger partial charge in [-0.15, -0.1) is 0 Å². The molecule has 140 valence electrons. The summed E-state index contributed by atoms with van der Waals surface area (Å²) in [5.41, 5.74) is 3.12. The van der Waals surface area contributed by atoms with E-state index in [9.17, 15) is 4.79 Å². The highest BCUT2D eigenvalue weighted by molar-refractivity contribution is 7.71. The summed E-state index contributed by atoms with van der Waals surface area (Å²) in [5, 5.41) is 7.36. The van der Waals surface area contributed by atoms with Gasteiger partial charge in [0.25, 0.3) is 0 Å². The molecule has 0 saturated carbocycles. The van der Waals surface area contributed by atoms with Gasteiger partial charge in [-0.3, -0.25) is 14.6 Å². The van der Waals surface area contributed by atoms with E-state index in [1.807, 2.05) is 48.3 Å². The number of aryl methyl sites for hydroxylation is 3. The Hall–Kier alpha value is -2.03. The van der Waals surface area contributed by atoms with Crippen LogP contribution in [0.1, 0.15) is 11.1 Å². The van der Waals surface area contributed by atoms with Gasteiger partial charge < -0.3 is 9.88 Å². The molecule has 0 aliphatic carbocycles. The number of hydrogen-bond donors (Lipinski definition) is 1. The van der Waals surface area contributed by atoms with E-state index in [0.717, 1.165) is 47.8 Å². The second kappa shape index (κ2) is 8.11. The molecule has 1 aliphatic heterocycles. The predicted molar refractivity (Wildman–Crippen MR) is 105 cm³/mol. The van der Waals surface area contributed by atoms with Crippen LogP contribution in [-0.2, 0) is 18.5 Å². The smallest absolute Gasteiger partial charge is 0.238 e. The molecular weight excluding hydrogens is 348 g/mol. The Morgan fingerprint density at radius 3 is 2.35 bits per heavy atom. The summed E-state index contributed by atoms with van der Waals surface area (Å²) in [5.74, 6) is 0.0443. The van der Waals surface area contributed by atoms with Gasteiger partial charge in [-0.25, -0.2) is 4.68 Å². The molecule has 7 nitrogen and oxygen atoms in total. The summed E-state index contributed by atoms with van der Waals surface area (Å²) in [7, 11) is 1.90. The van der Waals surface area contributed by atoms with E-state index in [1.54, 1.807) is 6.33 Å². The lowest BCUT2D eigenvalue weighted by atomic mass is 10.1. The van der Waals surface area contributed by atoms with Crippen LogP contribution in [0.3, 0.4) is 0 Å². The molecule has 1 saturated heterocycles. The minimum absolute atomic E-state index is 0.0443. The van der Waals surface area contributed by atoms with Crippen molar-refractivity contribution in [2.75, 3.05) is 38.0 Å². The molecule has 26 heavy (non-hydrogen) atoms. The van der Waals surface area contributed by atoms with Crippen LogP contribution in [-0.4, -0.2) is 62.8 Å². The number of carbonyl (C=O) groups excluding carboxylic acids is 1. The lowest BCUT2D eigenvalue weighted by molar-refractivity contribution is -0.117. The average Bonchev–Trinajstić information content (AvgIpc) is 2.92. The fourth-order valence-electron chi connectivity index (χ4n) is 3.19. The average molecular weight is 375 g/mol. The molecule has 2 aromatic rings. The van der Waals surface area contributed by atoms with Crippen molar-refractivity contribution in [2.45, 2.75) is 20.5 Å². The van der Waals surface area contributed by atoms with Gasteiger partial charge in [0.05, 0.1) is 13.2 Å². The van der Waals surface area contributed by atoms with E-state index >= 15 is 0 Å².